The number of carbonyl (C=O) groups is 1. The van der Waals surface area contributed by atoms with Crippen LogP contribution in [0.15, 0.2) is 78.9 Å². The number of pyridine rings is 2. The van der Waals surface area contributed by atoms with Crippen LogP contribution in [0.4, 0.5) is 10.2 Å². The normalized spacial score (nSPS) is 10.4. The van der Waals surface area contributed by atoms with Gasteiger partial charge in [0.25, 0.3) is 5.91 Å². The van der Waals surface area contributed by atoms with Crippen molar-refractivity contribution in [3.63, 3.8) is 0 Å². The molecule has 2 aromatic carbocycles. The predicted molar refractivity (Wildman–Crippen MR) is 133 cm³/mol. The fourth-order valence-electron chi connectivity index (χ4n) is 3.71. The number of aromatic nitrogens is 2. The minimum atomic E-state index is -0.297. The van der Waals surface area contributed by atoms with Crippen molar-refractivity contribution in [1.82, 2.24) is 15.3 Å². The molecule has 4 aromatic rings. The first kappa shape index (κ1) is 23.6. The predicted octanol–water partition coefficient (Wildman–Crippen LogP) is 5.05. The van der Waals surface area contributed by atoms with Crippen molar-refractivity contribution in [2.45, 2.75) is 19.9 Å². The number of hydrogen-bond donors (Lipinski definition) is 2. The summed E-state index contributed by atoms with van der Waals surface area (Å²) in [6.07, 6.45) is 0.548. The smallest absolute Gasteiger partial charge is 0.255 e. The van der Waals surface area contributed by atoms with Gasteiger partial charge in [-0.2, -0.15) is 5.26 Å². The number of aryl methyl sites for hydroxylation is 1. The molecule has 0 saturated heterocycles. The highest BCUT2D eigenvalue weighted by Crippen LogP contribution is 2.25. The van der Waals surface area contributed by atoms with Crippen LogP contribution in [0, 0.1) is 24.1 Å². The Kier molecular flexibility index (Phi) is 7.44. The summed E-state index contributed by atoms with van der Waals surface area (Å²) < 4.78 is 13.5. The third kappa shape index (κ3) is 6.06. The summed E-state index contributed by atoms with van der Waals surface area (Å²) in [7, 11) is 0. The second kappa shape index (κ2) is 11.0. The Bertz CT molecular complexity index is 1400. The molecular weight excluding hydrogens is 441 g/mol. The fraction of sp³-hybridized carbons (Fsp3) is 0.143. The molecule has 0 saturated carbocycles. The van der Waals surface area contributed by atoms with Crippen LogP contribution in [-0.4, -0.2) is 22.4 Å². The van der Waals surface area contributed by atoms with Gasteiger partial charge in [0.2, 0.25) is 0 Å². The van der Waals surface area contributed by atoms with Crippen molar-refractivity contribution >= 4 is 11.7 Å². The number of rotatable bonds is 8. The van der Waals surface area contributed by atoms with E-state index in [-0.39, 0.29) is 18.3 Å². The molecule has 0 unspecified atom stereocenters. The molecular formula is C28H24FN5O. The highest BCUT2D eigenvalue weighted by Gasteiger charge is 2.16. The van der Waals surface area contributed by atoms with E-state index in [2.05, 4.69) is 26.7 Å². The number of carbonyl (C=O) groups excluding carboxylic acids is 1. The number of amides is 1. The van der Waals surface area contributed by atoms with Gasteiger partial charge >= 0.3 is 0 Å². The van der Waals surface area contributed by atoms with E-state index in [0.717, 1.165) is 17.0 Å². The van der Waals surface area contributed by atoms with Crippen molar-refractivity contribution in [2.24, 2.45) is 0 Å². The molecule has 0 spiro atoms. The Labute approximate surface area is 203 Å². The molecule has 0 fully saturated rings. The molecule has 6 nitrogen and oxygen atoms in total. The maximum absolute atomic E-state index is 13.5. The van der Waals surface area contributed by atoms with Crippen LogP contribution in [0.3, 0.4) is 0 Å². The van der Waals surface area contributed by atoms with Crippen molar-refractivity contribution in [2.75, 3.05) is 11.9 Å². The quantitative estimate of drug-likeness (QED) is 0.380. The molecule has 0 atom stereocenters. The highest BCUT2D eigenvalue weighted by molar-refractivity contribution is 5.99. The van der Waals surface area contributed by atoms with Gasteiger partial charge in [-0.25, -0.2) is 9.37 Å². The molecule has 2 N–H and O–H groups in total. The molecule has 35 heavy (non-hydrogen) atoms. The van der Waals surface area contributed by atoms with E-state index < -0.39 is 0 Å². The molecule has 174 valence electrons. The molecule has 1 amide bonds. The van der Waals surface area contributed by atoms with Crippen LogP contribution in [-0.2, 0) is 13.0 Å². The molecule has 0 radical (unpaired) electrons. The number of nitrogens with one attached hydrogen (secondary N) is 2. The summed E-state index contributed by atoms with van der Waals surface area (Å²) in [6, 6.07) is 24.8. The third-order valence-corrected chi connectivity index (χ3v) is 5.43. The Morgan fingerprint density at radius 1 is 1.00 bits per heavy atom. The lowest BCUT2D eigenvalue weighted by Gasteiger charge is -2.14. The van der Waals surface area contributed by atoms with Crippen molar-refractivity contribution in [3.05, 3.63) is 113 Å². The Hall–Kier alpha value is -4.57. The molecule has 7 heteroatoms. The van der Waals surface area contributed by atoms with Crippen LogP contribution in [0.25, 0.3) is 11.3 Å². The summed E-state index contributed by atoms with van der Waals surface area (Å²) in [5.74, 6) is -0.198. The van der Waals surface area contributed by atoms with E-state index in [9.17, 15) is 14.4 Å². The van der Waals surface area contributed by atoms with Crippen LogP contribution in [0.1, 0.15) is 32.9 Å². The van der Waals surface area contributed by atoms with Gasteiger partial charge in [-0.15, -0.1) is 0 Å². The summed E-state index contributed by atoms with van der Waals surface area (Å²) >= 11 is 0. The van der Waals surface area contributed by atoms with E-state index in [1.807, 2.05) is 43.3 Å². The monoisotopic (exact) mass is 465 g/mol. The van der Waals surface area contributed by atoms with Gasteiger partial charge in [0.05, 0.1) is 35.1 Å². The van der Waals surface area contributed by atoms with Crippen LogP contribution in [0.2, 0.25) is 0 Å². The first-order valence-electron chi connectivity index (χ1n) is 11.2. The topological polar surface area (TPSA) is 90.7 Å². The number of nitrogens with zero attached hydrogens (tertiary/aromatic N) is 3. The largest absolute Gasteiger partial charge is 0.369 e. The van der Waals surface area contributed by atoms with E-state index >= 15 is 0 Å². The number of anilines is 1. The van der Waals surface area contributed by atoms with Crippen LogP contribution >= 0.6 is 0 Å². The molecule has 0 bridgehead atoms. The van der Waals surface area contributed by atoms with E-state index in [0.29, 0.717) is 41.2 Å². The van der Waals surface area contributed by atoms with Gasteiger partial charge < -0.3 is 10.6 Å². The molecule has 4 rings (SSSR count). The lowest BCUT2D eigenvalue weighted by atomic mass is 10.0. The molecule has 2 heterocycles. The van der Waals surface area contributed by atoms with Gasteiger partial charge in [0.1, 0.15) is 11.6 Å². The summed E-state index contributed by atoms with van der Waals surface area (Å²) in [6.45, 7) is 2.62. The third-order valence-electron chi connectivity index (χ3n) is 5.43. The van der Waals surface area contributed by atoms with Crippen molar-refractivity contribution in [1.29, 1.82) is 5.26 Å². The van der Waals surface area contributed by atoms with E-state index in [1.54, 1.807) is 30.3 Å². The van der Waals surface area contributed by atoms with E-state index in [1.165, 1.54) is 12.1 Å². The molecule has 2 aromatic heterocycles. The van der Waals surface area contributed by atoms with Gasteiger partial charge in [-0.05, 0) is 61.4 Å². The standard InChI is InChI=1S/C28H24FN5O/c1-19-6-4-10-23(33-19)18-32-28(35)25-12-13-26(24-11-3-2-8-21(24)17-30)34-27(25)31-15-14-20-7-5-9-22(29)16-20/h2-13,16H,14-15,18H2,1H3,(H,31,34)(H,32,35). The summed E-state index contributed by atoms with van der Waals surface area (Å²) in [4.78, 5) is 22.1. The second-order valence-electron chi connectivity index (χ2n) is 8.01. The molecule has 0 aliphatic carbocycles. The fourth-order valence-corrected chi connectivity index (χ4v) is 3.71. The highest BCUT2D eigenvalue weighted by atomic mass is 19.1. The maximum atomic E-state index is 13.5. The maximum Gasteiger partial charge on any atom is 0.255 e. The zero-order valence-electron chi connectivity index (χ0n) is 19.3. The zero-order chi connectivity index (χ0) is 24.6. The average Bonchev–Trinajstić information content (AvgIpc) is 2.87. The SMILES string of the molecule is Cc1cccc(CNC(=O)c2ccc(-c3ccccc3C#N)nc2NCCc2cccc(F)c2)n1. The van der Waals surface area contributed by atoms with Crippen molar-refractivity contribution in [3.8, 4) is 17.3 Å². The van der Waals surface area contributed by atoms with Crippen molar-refractivity contribution < 1.29 is 9.18 Å². The average molecular weight is 466 g/mol. The number of benzene rings is 2. The van der Waals surface area contributed by atoms with Gasteiger partial charge in [-0.1, -0.05) is 36.4 Å². The second-order valence-corrected chi connectivity index (χ2v) is 8.01. The summed E-state index contributed by atoms with van der Waals surface area (Å²) in [5, 5.41) is 15.6. The first-order chi connectivity index (χ1) is 17.0. The zero-order valence-corrected chi connectivity index (χ0v) is 19.3. The minimum absolute atomic E-state index is 0.280. The van der Waals surface area contributed by atoms with Gasteiger partial charge in [-0.3, -0.25) is 9.78 Å². The van der Waals surface area contributed by atoms with Gasteiger partial charge in [0, 0.05) is 17.8 Å². The Morgan fingerprint density at radius 2 is 1.83 bits per heavy atom. The lowest BCUT2D eigenvalue weighted by Crippen LogP contribution is -2.25. The van der Waals surface area contributed by atoms with Gasteiger partial charge in [0.15, 0.2) is 0 Å². The minimum Gasteiger partial charge on any atom is -0.369 e. The number of hydrogen-bond acceptors (Lipinski definition) is 5. The number of nitriles is 1. The van der Waals surface area contributed by atoms with E-state index in [4.69, 9.17) is 0 Å². The Morgan fingerprint density at radius 3 is 2.63 bits per heavy atom. The Balaban J connectivity index is 1.58. The molecule has 0 aliphatic rings. The molecule has 0 aliphatic heterocycles. The first-order valence-corrected chi connectivity index (χ1v) is 11.2. The van der Waals surface area contributed by atoms with Crippen LogP contribution < -0.4 is 10.6 Å². The van der Waals surface area contributed by atoms with Crippen LogP contribution in [0.5, 0.6) is 0 Å². The summed E-state index contributed by atoms with van der Waals surface area (Å²) in [5.41, 5.74) is 4.58. The number of halogens is 1. The lowest BCUT2D eigenvalue weighted by molar-refractivity contribution is 0.0951.